The van der Waals surface area contributed by atoms with Crippen molar-refractivity contribution in [1.29, 1.82) is 0 Å². The molecule has 1 amide bonds. The Labute approximate surface area is 119 Å². The monoisotopic (exact) mass is 272 g/mol. The molecule has 0 aliphatic rings. The zero-order chi connectivity index (χ0) is 14.2. The lowest BCUT2D eigenvalue weighted by molar-refractivity contribution is -0.116. The van der Waals surface area contributed by atoms with Gasteiger partial charge in [0.25, 0.3) is 0 Å². The van der Waals surface area contributed by atoms with E-state index in [1.807, 2.05) is 36.4 Å². The number of anilines is 1. The van der Waals surface area contributed by atoms with E-state index < -0.39 is 0 Å². The second kappa shape index (κ2) is 7.50. The maximum absolute atomic E-state index is 11.8. The smallest absolute Gasteiger partial charge is 0.224 e. The van der Waals surface area contributed by atoms with Crippen LogP contribution >= 0.6 is 0 Å². The zero-order valence-electron chi connectivity index (χ0n) is 11.7. The van der Waals surface area contributed by atoms with Crippen LogP contribution in [0.5, 0.6) is 0 Å². The van der Waals surface area contributed by atoms with Crippen molar-refractivity contribution in [3.63, 3.8) is 0 Å². The second-order valence-electron chi connectivity index (χ2n) is 4.60. The predicted octanol–water partition coefficient (Wildman–Crippen LogP) is 2.96. The van der Waals surface area contributed by atoms with Crippen LogP contribution < -0.4 is 10.6 Å². The number of hydrogen-bond acceptors (Lipinski definition) is 3. The summed E-state index contributed by atoms with van der Waals surface area (Å²) in [6.45, 7) is 3.88. The molecule has 0 fully saturated rings. The van der Waals surface area contributed by atoms with Crippen LogP contribution in [0.3, 0.4) is 0 Å². The molecule has 2 rings (SSSR count). The summed E-state index contributed by atoms with van der Waals surface area (Å²) in [5.41, 5.74) is 2.04. The highest BCUT2D eigenvalue weighted by atomic mass is 16.3. The Kier molecular flexibility index (Phi) is 5.38. The van der Waals surface area contributed by atoms with Crippen LogP contribution in [0.4, 0.5) is 5.69 Å². The highest BCUT2D eigenvalue weighted by molar-refractivity contribution is 5.90. The van der Waals surface area contributed by atoms with Crippen molar-refractivity contribution in [2.75, 3.05) is 11.9 Å². The quantitative estimate of drug-likeness (QED) is 0.814. The van der Waals surface area contributed by atoms with Gasteiger partial charge in [-0.15, -0.1) is 0 Å². The molecule has 0 aliphatic heterocycles. The minimum atomic E-state index is 0.000771. The minimum Gasteiger partial charge on any atom is -0.469 e. The number of benzene rings is 1. The molecule has 1 aromatic heterocycles. The molecule has 0 unspecified atom stereocenters. The first-order chi connectivity index (χ1) is 9.78. The molecule has 106 valence electrons. The summed E-state index contributed by atoms with van der Waals surface area (Å²) >= 11 is 0. The first-order valence-electron chi connectivity index (χ1n) is 6.90. The van der Waals surface area contributed by atoms with Gasteiger partial charge < -0.3 is 15.1 Å². The summed E-state index contributed by atoms with van der Waals surface area (Å²) in [5.74, 6) is 0.835. The molecule has 1 heterocycles. The van der Waals surface area contributed by atoms with Crippen molar-refractivity contribution in [2.24, 2.45) is 0 Å². The molecule has 0 atom stereocenters. The van der Waals surface area contributed by atoms with Crippen LogP contribution in [-0.2, 0) is 17.8 Å². The van der Waals surface area contributed by atoms with Crippen molar-refractivity contribution in [3.05, 3.63) is 54.0 Å². The maximum Gasteiger partial charge on any atom is 0.224 e. The fourth-order valence-electron chi connectivity index (χ4n) is 1.89. The zero-order valence-corrected chi connectivity index (χ0v) is 11.7. The van der Waals surface area contributed by atoms with Gasteiger partial charge in [-0.3, -0.25) is 4.79 Å². The molecular weight excluding hydrogens is 252 g/mol. The summed E-state index contributed by atoms with van der Waals surface area (Å²) in [4.78, 5) is 11.8. The van der Waals surface area contributed by atoms with Crippen molar-refractivity contribution < 1.29 is 9.21 Å². The number of rotatable bonds is 7. The van der Waals surface area contributed by atoms with Gasteiger partial charge in [-0.2, -0.15) is 0 Å². The van der Waals surface area contributed by atoms with Gasteiger partial charge in [0.1, 0.15) is 5.76 Å². The second-order valence-corrected chi connectivity index (χ2v) is 4.60. The van der Waals surface area contributed by atoms with Gasteiger partial charge in [0.15, 0.2) is 0 Å². The van der Waals surface area contributed by atoms with Gasteiger partial charge in [0.2, 0.25) is 5.91 Å². The van der Waals surface area contributed by atoms with Crippen LogP contribution in [0.25, 0.3) is 0 Å². The topological polar surface area (TPSA) is 54.3 Å². The van der Waals surface area contributed by atoms with E-state index in [0.717, 1.165) is 24.5 Å². The summed E-state index contributed by atoms with van der Waals surface area (Å²) in [5, 5.41) is 6.15. The molecular formula is C16H20N2O2. The van der Waals surface area contributed by atoms with Crippen LogP contribution in [0.1, 0.15) is 24.7 Å². The lowest BCUT2D eigenvalue weighted by atomic mass is 10.2. The van der Waals surface area contributed by atoms with E-state index in [2.05, 4.69) is 17.6 Å². The normalized spacial score (nSPS) is 10.4. The highest BCUT2D eigenvalue weighted by Crippen LogP contribution is 2.11. The van der Waals surface area contributed by atoms with Crippen LogP contribution in [0.2, 0.25) is 0 Å². The SMILES string of the molecule is CCNCc1ccc(NC(=O)CCc2ccco2)cc1. The average Bonchev–Trinajstić information content (AvgIpc) is 2.98. The lowest BCUT2D eigenvalue weighted by Crippen LogP contribution is -2.13. The van der Waals surface area contributed by atoms with Gasteiger partial charge in [-0.1, -0.05) is 19.1 Å². The van der Waals surface area contributed by atoms with E-state index in [4.69, 9.17) is 4.42 Å². The molecule has 0 saturated carbocycles. The van der Waals surface area contributed by atoms with Gasteiger partial charge in [-0.25, -0.2) is 0 Å². The number of amides is 1. The minimum absolute atomic E-state index is 0.000771. The Bertz CT molecular complexity index is 518. The highest BCUT2D eigenvalue weighted by Gasteiger charge is 2.04. The van der Waals surface area contributed by atoms with Crippen LogP contribution in [0, 0.1) is 0 Å². The Morgan fingerprint density at radius 3 is 2.65 bits per heavy atom. The van der Waals surface area contributed by atoms with E-state index in [0.29, 0.717) is 12.8 Å². The molecule has 1 aromatic carbocycles. The summed E-state index contributed by atoms with van der Waals surface area (Å²) in [7, 11) is 0. The molecule has 0 aliphatic carbocycles. The van der Waals surface area contributed by atoms with E-state index in [-0.39, 0.29) is 5.91 Å². The Balaban J connectivity index is 1.78. The molecule has 2 N–H and O–H groups in total. The van der Waals surface area contributed by atoms with E-state index >= 15 is 0 Å². The molecule has 20 heavy (non-hydrogen) atoms. The molecule has 0 spiro atoms. The number of aryl methyl sites for hydroxylation is 1. The third kappa shape index (κ3) is 4.55. The Morgan fingerprint density at radius 1 is 1.20 bits per heavy atom. The number of hydrogen-bond donors (Lipinski definition) is 2. The third-order valence-corrected chi connectivity index (χ3v) is 3.00. The van der Waals surface area contributed by atoms with Gasteiger partial charge in [-0.05, 0) is 36.4 Å². The molecule has 2 aromatic rings. The van der Waals surface area contributed by atoms with E-state index in [9.17, 15) is 4.79 Å². The van der Waals surface area contributed by atoms with Crippen molar-refractivity contribution >= 4 is 11.6 Å². The standard InChI is InChI=1S/C16H20N2O2/c1-2-17-12-13-5-7-14(8-6-13)18-16(19)10-9-15-4-3-11-20-15/h3-8,11,17H,2,9-10,12H2,1H3,(H,18,19). The van der Waals surface area contributed by atoms with Crippen molar-refractivity contribution in [3.8, 4) is 0 Å². The predicted molar refractivity (Wildman–Crippen MR) is 79.5 cm³/mol. The first-order valence-corrected chi connectivity index (χ1v) is 6.90. The lowest BCUT2D eigenvalue weighted by Gasteiger charge is -2.06. The first kappa shape index (κ1) is 14.3. The van der Waals surface area contributed by atoms with Gasteiger partial charge in [0.05, 0.1) is 6.26 Å². The van der Waals surface area contributed by atoms with E-state index in [1.54, 1.807) is 6.26 Å². The molecule has 0 saturated heterocycles. The third-order valence-electron chi connectivity index (χ3n) is 3.00. The number of carbonyl (C=O) groups excluding carboxylic acids is 1. The molecule has 4 nitrogen and oxygen atoms in total. The molecule has 0 bridgehead atoms. The average molecular weight is 272 g/mol. The largest absolute Gasteiger partial charge is 0.469 e. The molecule has 0 radical (unpaired) electrons. The van der Waals surface area contributed by atoms with Gasteiger partial charge >= 0.3 is 0 Å². The number of furan rings is 1. The van der Waals surface area contributed by atoms with Gasteiger partial charge in [0, 0.05) is 25.1 Å². The van der Waals surface area contributed by atoms with Crippen molar-refractivity contribution in [1.82, 2.24) is 5.32 Å². The summed E-state index contributed by atoms with van der Waals surface area (Å²) in [6.07, 6.45) is 2.67. The van der Waals surface area contributed by atoms with E-state index in [1.165, 1.54) is 5.56 Å². The van der Waals surface area contributed by atoms with Crippen LogP contribution in [0.15, 0.2) is 47.1 Å². The number of carbonyl (C=O) groups is 1. The summed E-state index contributed by atoms with van der Waals surface area (Å²) in [6, 6.07) is 11.6. The summed E-state index contributed by atoms with van der Waals surface area (Å²) < 4.78 is 5.20. The maximum atomic E-state index is 11.8. The Hall–Kier alpha value is -2.07. The fraction of sp³-hybridized carbons (Fsp3) is 0.312. The van der Waals surface area contributed by atoms with Crippen molar-refractivity contribution in [2.45, 2.75) is 26.3 Å². The Morgan fingerprint density at radius 2 is 2.00 bits per heavy atom. The van der Waals surface area contributed by atoms with Crippen LogP contribution in [-0.4, -0.2) is 12.5 Å². The molecule has 4 heteroatoms. The fourth-order valence-corrected chi connectivity index (χ4v) is 1.89. The number of nitrogens with one attached hydrogen (secondary N) is 2.